The van der Waals surface area contributed by atoms with Crippen LogP contribution in [0.3, 0.4) is 0 Å². The quantitative estimate of drug-likeness (QED) is 0.833. The van der Waals surface area contributed by atoms with E-state index in [1.165, 1.54) is 8.99 Å². The zero-order valence-corrected chi connectivity index (χ0v) is 14.2. The Hall–Kier alpha value is -1.41. The Morgan fingerprint density at radius 3 is 2.55 bits per heavy atom. The van der Waals surface area contributed by atoms with Gasteiger partial charge in [0.05, 0.1) is 11.4 Å². The summed E-state index contributed by atoms with van der Waals surface area (Å²) < 4.78 is 27.2. The van der Waals surface area contributed by atoms with Gasteiger partial charge in [0.15, 0.2) is 0 Å². The van der Waals surface area contributed by atoms with Crippen LogP contribution in [0.1, 0.15) is 48.8 Å². The van der Waals surface area contributed by atoms with E-state index in [0.717, 1.165) is 18.5 Å². The van der Waals surface area contributed by atoms with Crippen molar-refractivity contribution in [2.24, 2.45) is 7.05 Å². The molecular formula is C14H24N4O3S. The van der Waals surface area contributed by atoms with Crippen LogP contribution in [-0.4, -0.2) is 53.8 Å². The number of nitrogens with one attached hydrogen (secondary N) is 1. The SMILES string of the molecule is CC(C)c1cc(C(=O)NCCS(=O)(=O)N2CCCC2)n(C)n1. The normalized spacial score (nSPS) is 16.4. The van der Waals surface area contributed by atoms with Gasteiger partial charge in [0.25, 0.3) is 5.91 Å². The minimum atomic E-state index is -3.26. The van der Waals surface area contributed by atoms with Gasteiger partial charge < -0.3 is 5.32 Å². The Morgan fingerprint density at radius 1 is 1.36 bits per heavy atom. The molecule has 0 spiro atoms. The molecule has 1 saturated heterocycles. The summed E-state index contributed by atoms with van der Waals surface area (Å²) in [7, 11) is -1.55. The fraction of sp³-hybridized carbons (Fsp3) is 0.714. The number of nitrogens with zero attached hydrogens (tertiary/aromatic N) is 3. The minimum absolute atomic E-state index is 0.0619. The highest BCUT2D eigenvalue weighted by atomic mass is 32.2. The average molecular weight is 328 g/mol. The van der Waals surface area contributed by atoms with Gasteiger partial charge in [-0.15, -0.1) is 0 Å². The van der Waals surface area contributed by atoms with Crippen LogP contribution in [0.25, 0.3) is 0 Å². The van der Waals surface area contributed by atoms with Gasteiger partial charge in [-0.1, -0.05) is 13.8 Å². The number of aryl methyl sites for hydroxylation is 1. The molecule has 2 heterocycles. The Balaban J connectivity index is 1.90. The third kappa shape index (κ3) is 3.86. The summed E-state index contributed by atoms with van der Waals surface area (Å²) in [5.41, 5.74) is 1.29. The predicted octanol–water partition coefficient (Wildman–Crippen LogP) is 0.699. The molecule has 1 N–H and O–H groups in total. The van der Waals surface area contributed by atoms with Crippen molar-refractivity contribution in [3.63, 3.8) is 0 Å². The highest BCUT2D eigenvalue weighted by molar-refractivity contribution is 7.89. The summed E-state index contributed by atoms with van der Waals surface area (Å²) >= 11 is 0. The Morgan fingerprint density at radius 2 is 2.00 bits per heavy atom. The van der Waals surface area contributed by atoms with Crippen LogP contribution in [0.5, 0.6) is 0 Å². The summed E-state index contributed by atoms with van der Waals surface area (Å²) in [4.78, 5) is 12.1. The standard InChI is InChI=1S/C14H24N4O3S/c1-11(2)12-10-13(17(3)16-12)14(19)15-6-9-22(20,21)18-7-4-5-8-18/h10-11H,4-9H2,1-3H3,(H,15,19). The van der Waals surface area contributed by atoms with Crippen LogP contribution >= 0.6 is 0 Å². The topological polar surface area (TPSA) is 84.3 Å². The van der Waals surface area contributed by atoms with Crippen LogP contribution in [0.15, 0.2) is 6.07 Å². The van der Waals surface area contributed by atoms with Gasteiger partial charge in [-0.25, -0.2) is 12.7 Å². The second kappa shape index (κ2) is 6.78. The summed E-state index contributed by atoms with van der Waals surface area (Å²) in [5, 5.41) is 6.95. The molecule has 8 heteroatoms. The van der Waals surface area contributed by atoms with E-state index in [1.807, 2.05) is 13.8 Å². The van der Waals surface area contributed by atoms with Gasteiger partial charge >= 0.3 is 0 Å². The van der Waals surface area contributed by atoms with Crippen LogP contribution in [0.4, 0.5) is 0 Å². The number of hydrogen-bond acceptors (Lipinski definition) is 4. The van der Waals surface area contributed by atoms with Crippen LogP contribution < -0.4 is 5.32 Å². The molecule has 0 bridgehead atoms. The van der Waals surface area contributed by atoms with Gasteiger partial charge in [-0.05, 0) is 24.8 Å². The van der Waals surface area contributed by atoms with Gasteiger partial charge in [-0.3, -0.25) is 9.48 Å². The van der Waals surface area contributed by atoms with Gasteiger partial charge in [0.1, 0.15) is 5.69 Å². The van der Waals surface area contributed by atoms with E-state index in [1.54, 1.807) is 13.1 Å². The third-order valence-corrected chi connectivity index (χ3v) is 5.70. The highest BCUT2D eigenvalue weighted by Gasteiger charge is 2.25. The molecule has 1 aliphatic heterocycles. The number of hydrogen-bond donors (Lipinski definition) is 1. The van der Waals surface area contributed by atoms with Crippen molar-refractivity contribution in [2.75, 3.05) is 25.4 Å². The number of amides is 1. The van der Waals surface area contributed by atoms with Gasteiger partial charge in [0, 0.05) is 26.7 Å². The molecular weight excluding hydrogens is 304 g/mol. The van der Waals surface area contributed by atoms with Crippen molar-refractivity contribution >= 4 is 15.9 Å². The van der Waals surface area contributed by atoms with Crippen LogP contribution in [-0.2, 0) is 17.1 Å². The molecule has 0 unspecified atom stereocenters. The maximum atomic E-state index is 12.1. The second-order valence-corrected chi connectivity index (χ2v) is 8.00. The van der Waals surface area contributed by atoms with Crippen LogP contribution in [0, 0.1) is 0 Å². The highest BCUT2D eigenvalue weighted by Crippen LogP contribution is 2.14. The van der Waals surface area contributed by atoms with Gasteiger partial charge in [0.2, 0.25) is 10.0 Å². The summed E-state index contributed by atoms with van der Waals surface area (Å²) in [6.45, 7) is 5.31. The zero-order valence-electron chi connectivity index (χ0n) is 13.4. The first kappa shape index (κ1) is 17.0. The number of carbonyl (C=O) groups excluding carboxylic acids is 1. The number of carbonyl (C=O) groups is 1. The Bertz CT molecular complexity index is 631. The Labute approximate surface area is 131 Å². The molecule has 0 aromatic carbocycles. The average Bonchev–Trinajstić information content (AvgIpc) is 3.07. The zero-order chi connectivity index (χ0) is 16.3. The molecule has 1 aliphatic rings. The maximum absolute atomic E-state index is 12.1. The maximum Gasteiger partial charge on any atom is 0.269 e. The molecule has 0 atom stereocenters. The first-order valence-corrected chi connectivity index (χ1v) is 9.22. The molecule has 0 aliphatic carbocycles. The van der Waals surface area contributed by atoms with Gasteiger partial charge in [-0.2, -0.15) is 5.10 Å². The smallest absolute Gasteiger partial charge is 0.269 e. The lowest BCUT2D eigenvalue weighted by Gasteiger charge is -2.15. The van der Waals surface area contributed by atoms with E-state index in [9.17, 15) is 13.2 Å². The molecule has 0 saturated carbocycles. The van der Waals surface area contributed by atoms with E-state index in [-0.39, 0.29) is 24.1 Å². The lowest BCUT2D eigenvalue weighted by molar-refractivity contribution is 0.0946. The molecule has 0 radical (unpaired) electrons. The van der Waals surface area contributed by atoms with Crippen molar-refractivity contribution in [3.05, 3.63) is 17.5 Å². The van der Waals surface area contributed by atoms with Crippen molar-refractivity contribution in [1.82, 2.24) is 19.4 Å². The number of aromatic nitrogens is 2. The fourth-order valence-corrected chi connectivity index (χ4v) is 3.90. The van der Waals surface area contributed by atoms with E-state index in [0.29, 0.717) is 18.8 Å². The third-order valence-electron chi connectivity index (χ3n) is 3.83. The van der Waals surface area contributed by atoms with E-state index in [4.69, 9.17) is 0 Å². The summed E-state index contributed by atoms with van der Waals surface area (Å²) in [6, 6.07) is 1.75. The molecule has 1 aromatic heterocycles. The summed E-state index contributed by atoms with van der Waals surface area (Å²) in [6.07, 6.45) is 1.83. The molecule has 1 aromatic rings. The van der Waals surface area contributed by atoms with Crippen LogP contribution in [0.2, 0.25) is 0 Å². The lowest BCUT2D eigenvalue weighted by Crippen LogP contribution is -2.36. The molecule has 1 amide bonds. The molecule has 2 rings (SSSR count). The lowest BCUT2D eigenvalue weighted by atomic mass is 10.1. The second-order valence-electron chi connectivity index (χ2n) is 5.91. The molecule has 7 nitrogen and oxygen atoms in total. The first-order valence-electron chi connectivity index (χ1n) is 7.61. The van der Waals surface area contributed by atoms with E-state index >= 15 is 0 Å². The van der Waals surface area contributed by atoms with Crippen molar-refractivity contribution in [3.8, 4) is 0 Å². The fourth-order valence-electron chi connectivity index (χ4n) is 2.46. The van der Waals surface area contributed by atoms with Crippen molar-refractivity contribution in [2.45, 2.75) is 32.6 Å². The van der Waals surface area contributed by atoms with Crippen molar-refractivity contribution in [1.29, 1.82) is 0 Å². The number of rotatable bonds is 6. The minimum Gasteiger partial charge on any atom is -0.350 e. The molecule has 22 heavy (non-hydrogen) atoms. The molecule has 124 valence electrons. The summed E-state index contributed by atoms with van der Waals surface area (Å²) in [5.74, 6) is -0.116. The van der Waals surface area contributed by atoms with Crippen molar-refractivity contribution < 1.29 is 13.2 Å². The molecule has 1 fully saturated rings. The predicted molar refractivity (Wildman–Crippen MR) is 84.2 cm³/mol. The monoisotopic (exact) mass is 328 g/mol. The van der Waals surface area contributed by atoms with E-state index in [2.05, 4.69) is 10.4 Å². The van der Waals surface area contributed by atoms with E-state index < -0.39 is 10.0 Å². The largest absolute Gasteiger partial charge is 0.350 e. The Kier molecular flexibility index (Phi) is 5.23. The number of sulfonamides is 1. The first-order chi connectivity index (χ1) is 10.3.